The van der Waals surface area contributed by atoms with Gasteiger partial charge in [0.1, 0.15) is 30.0 Å². The van der Waals surface area contributed by atoms with E-state index in [9.17, 15) is 9.50 Å². The molecule has 1 saturated heterocycles. The van der Waals surface area contributed by atoms with Crippen LogP contribution >= 0.6 is 0 Å². The SMILES string of the molecule is COc1ccc(CNCCc2ccccc2F)c(OCC(O)CN2CCOCC2)c1. The highest BCUT2D eigenvalue weighted by Gasteiger charge is 2.16. The van der Waals surface area contributed by atoms with E-state index in [4.69, 9.17) is 14.2 Å². The van der Waals surface area contributed by atoms with Gasteiger partial charge in [0, 0.05) is 37.8 Å². The van der Waals surface area contributed by atoms with E-state index in [2.05, 4.69) is 10.2 Å². The molecule has 2 N–H and O–H groups in total. The molecule has 0 bridgehead atoms. The number of benzene rings is 2. The molecule has 1 heterocycles. The second-order valence-electron chi connectivity index (χ2n) is 7.37. The number of β-amino-alcohol motifs (C(OH)–C–C–N with tert-alkyl or cyclic N) is 1. The largest absolute Gasteiger partial charge is 0.497 e. The summed E-state index contributed by atoms with van der Waals surface area (Å²) in [6.45, 7) is 5.04. The Morgan fingerprint density at radius 3 is 2.73 bits per heavy atom. The standard InChI is InChI=1S/C23H31FN2O4/c1-28-21-7-6-19(15-25-9-8-18-4-2-3-5-22(18)24)23(14-21)30-17-20(27)16-26-10-12-29-13-11-26/h2-7,14,20,25,27H,8-13,15-17H2,1H3. The normalized spacial score (nSPS) is 15.7. The Hall–Kier alpha value is -2.19. The van der Waals surface area contributed by atoms with Crippen molar-refractivity contribution in [3.63, 3.8) is 0 Å². The van der Waals surface area contributed by atoms with Crippen molar-refractivity contribution in [1.29, 1.82) is 0 Å². The van der Waals surface area contributed by atoms with Gasteiger partial charge < -0.3 is 24.6 Å². The van der Waals surface area contributed by atoms with Crippen LogP contribution in [0.4, 0.5) is 4.39 Å². The molecular formula is C23H31FN2O4. The number of rotatable bonds is 11. The molecule has 0 saturated carbocycles. The molecule has 164 valence electrons. The van der Waals surface area contributed by atoms with Crippen LogP contribution in [0.25, 0.3) is 0 Å². The highest BCUT2D eigenvalue weighted by atomic mass is 19.1. The van der Waals surface area contributed by atoms with E-state index in [1.807, 2.05) is 24.3 Å². The Kier molecular flexibility index (Phi) is 8.89. The van der Waals surface area contributed by atoms with Gasteiger partial charge in [0.15, 0.2) is 0 Å². The lowest BCUT2D eigenvalue weighted by molar-refractivity contribution is 0.00455. The maximum atomic E-state index is 13.7. The molecule has 3 rings (SSSR count). The predicted molar refractivity (Wildman–Crippen MR) is 114 cm³/mol. The van der Waals surface area contributed by atoms with E-state index in [-0.39, 0.29) is 12.4 Å². The summed E-state index contributed by atoms with van der Waals surface area (Å²) < 4.78 is 30.3. The van der Waals surface area contributed by atoms with Crippen molar-refractivity contribution in [2.45, 2.75) is 19.1 Å². The van der Waals surface area contributed by atoms with E-state index in [1.54, 1.807) is 19.2 Å². The molecule has 0 amide bonds. The fourth-order valence-corrected chi connectivity index (χ4v) is 3.41. The van der Waals surface area contributed by atoms with Crippen molar-refractivity contribution >= 4 is 0 Å². The number of aliphatic hydroxyl groups excluding tert-OH is 1. The summed E-state index contributed by atoms with van der Waals surface area (Å²) >= 11 is 0. The minimum atomic E-state index is -0.587. The van der Waals surface area contributed by atoms with Crippen LogP contribution in [0.15, 0.2) is 42.5 Å². The van der Waals surface area contributed by atoms with E-state index < -0.39 is 6.10 Å². The van der Waals surface area contributed by atoms with Crippen molar-refractivity contribution < 1.29 is 23.7 Å². The number of hydrogen-bond donors (Lipinski definition) is 2. The molecule has 2 aromatic rings. The Balaban J connectivity index is 1.50. The van der Waals surface area contributed by atoms with E-state index in [0.717, 1.165) is 18.7 Å². The van der Waals surface area contributed by atoms with Crippen molar-refractivity contribution in [2.24, 2.45) is 0 Å². The van der Waals surface area contributed by atoms with Crippen molar-refractivity contribution in [2.75, 3.05) is 53.1 Å². The zero-order chi connectivity index (χ0) is 21.2. The number of nitrogens with one attached hydrogen (secondary N) is 1. The maximum Gasteiger partial charge on any atom is 0.127 e. The average Bonchev–Trinajstić information content (AvgIpc) is 2.77. The Morgan fingerprint density at radius 1 is 1.17 bits per heavy atom. The van der Waals surface area contributed by atoms with E-state index in [0.29, 0.717) is 56.3 Å². The van der Waals surface area contributed by atoms with Crippen molar-refractivity contribution in [3.05, 3.63) is 59.4 Å². The number of aliphatic hydroxyl groups is 1. The van der Waals surface area contributed by atoms with Crippen LogP contribution < -0.4 is 14.8 Å². The van der Waals surface area contributed by atoms with Crippen LogP contribution in [0, 0.1) is 5.82 Å². The number of halogens is 1. The van der Waals surface area contributed by atoms with Gasteiger partial charge in [-0.25, -0.2) is 4.39 Å². The number of hydrogen-bond acceptors (Lipinski definition) is 6. The Morgan fingerprint density at radius 2 is 1.97 bits per heavy atom. The molecule has 1 aliphatic heterocycles. The van der Waals surface area contributed by atoms with E-state index in [1.165, 1.54) is 6.07 Å². The average molecular weight is 419 g/mol. The van der Waals surface area contributed by atoms with Crippen molar-refractivity contribution in [3.8, 4) is 11.5 Å². The summed E-state index contributed by atoms with van der Waals surface area (Å²) in [5, 5.41) is 13.7. The van der Waals surface area contributed by atoms with Gasteiger partial charge in [-0.3, -0.25) is 4.90 Å². The topological polar surface area (TPSA) is 63.2 Å². The summed E-state index contributed by atoms with van der Waals surface area (Å²) in [5.74, 6) is 1.19. The molecule has 6 nitrogen and oxygen atoms in total. The van der Waals surface area contributed by atoms with Crippen LogP contribution in [0.1, 0.15) is 11.1 Å². The highest BCUT2D eigenvalue weighted by molar-refractivity contribution is 5.40. The smallest absolute Gasteiger partial charge is 0.127 e. The summed E-state index contributed by atoms with van der Waals surface area (Å²) in [6, 6.07) is 12.5. The first-order valence-corrected chi connectivity index (χ1v) is 10.4. The number of methoxy groups -OCH3 is 1. The quantitative estimate of drug-likeness (QED) is 0.546. The lowest BCUT2D eigenvalue weighted by Gasteiger charge is -2.28. The lowest BCUT2D eigenvalue weighted by atomic mass is 10.1. The van der Waals surface area contributed by atoms with E-state index >= 15 is 0 Å². The second-order valence-corrected chi connectivity index (χ2v) is 7.37. The summed E-state index contributed by atoms with van der Waals surface area (Å²) in [5.41, 5.74) is 1.66. The fraction of sp³-hybridized carbons (Fsp3) is 0.478. The molecule has 0 spiro atoms. The van der Waals surface area contributed by atoms with Gasteiger partial charge in [0.25, 0.3) is 0 Å². The lowest BCUT2D eigenvalue weighted by Crippen LogP contribution is -2.42. The first-order chi connectivity index (χ1) is 14.7. The fourth-order valence-electron chi connectivity index (χ4n) is 3.41. The summed E-state index contributed by atoms with van der Waals surface area (Å²) in [4.78, 5) is 2.17. The molecule has 0 aromatic heterocycles. The molecule has 1 aliphatic rings. The molecule has 0 aliphatic carbocycles. The third-order valence-corrected chi connectivity index (χ3v) is 5.12. The highest BCUT2D eigenvalue weighted by Crippen LogP contribution is 2.25. The molecule has 1 unspecified atom stereocenters. The Labute approximate surface area is 177 Å². The minimum Gasteiger partial charge on any atom is -0.497 e. The maximum absolute atomic E-state index is 13.7. The van der Waals surface area contributed by atoms with Gasteiger partial charge in [-0.1, -0.05) is 24.3 Å². The molecule has 1 atom stereocenters. The molecule has 30 heavy (non-hydrogen) atoms. The van der Waals surface area contributed by atoms with Gasteiger partial charge in [-0.2, -0.15) is 0 Å². The van der Waals surface area contributed by atoms with Crippen LogP contribution in [-0.2, 0) is 17.7 Å². The Bertz CT molecular complexity index is 784. The zero-order valence-electron chi connectivity index (χ0n) is 17.5. The second kappa shape index (κ2) is 11.9. The van der Waals surface area contributed by atoms with Crippen LogP contribution in [0.5, 0.6) is 11.5 Å². The number of ether oxygens (including phenoxy) is 3. The molecule has 1 fully saturated rings. The molecular weight excluding hydrogens is 387 g/mol. The third kappa shape index (κ3) is 6.95. The summed E-state index contributed by atoms with van der Waals surface area (Å²) in [6.07, 6.45) is 0.0215. The van der Waals surface area contributed by atoms with Crippen LogP contribution in [0.3, 0.4) is 0 Å². The monoisotopic (exact) mass is 418 g/mol. The molecule has 7 heteroatoms. The van der Waals surface area contributed by atoms with Gasteiger partial charge >= 0.3 is 0 Å². The summed E-state index contributed by atoms with van der Waals surface area (Å²) in [7, 11) is 1.61. The molecule has 0 radical (unpaired) electrons. The first-order valence-electron chi connectivity index (χ1n) is 10.4. The van der Waals surface area contributed by atoms with Crippen LogP contribution in [-0.4, -0.2) is 69.2 Å². The first kappa shape index (κ1) is 22.5. The predicted octanol–water partition coefficient (Wildman–Crippen LogP) is 2.24. The van der Waals surface area contributed by atoms with Gasteiger partial charge in [-0.15, -0.1) is 0 Å². The minimum absolute atomic E-state index is 0.179. The number of nitrogens with zero attached hydrogens (tertiary/aromatic N) is 1. The van der Waals surface area contributed by atoms with Gasteiger partial charge in [-0.05, 0) is 30.7 Å². The third-order valence-electron chi connectivity index (χ3n) is 5.12. The van der Waals surface area contributed by atoms with Crippen molar-refractivity contribution in [1.82, 2.24) is 10.2 Å². The van der Waals surface area contributed by atoms with Crippen LogP contribution in [0.2, 0.25) is 0 Å². The zero-order valence-corrected chi connectivity index (χ0v) is 17.5. The van der Waals surface area contributed by atoms with Gasteiger partial charge in [0.05, 0.1) is 20.3 Å². The molecule has 2 aromatic carbocycles. The number of morpholine rings is 1. The van der Waals surface area contributed by atoms with Gasteiger partial charge in [0.2, 0.25) is 0 Å².